The first-order valence-electron chi connectivity index (χ1n) is 8.37. The lowest BCUT2D eigenvalue weighted by atomic mass is 10.1. The molecule has 0 aromatic heterocycles. The third-order valence-corrected chi connectivity index (χ3v) is 4.57. The van der Waals surface area contributed by atoms with Crippen molar-refractivity contribution in [2.45, 2.75) is 12.6 Å². The minimum absolute atomic E-state index is 0.606. The largest absolute Gasteiger partial charge is 0.416 e. The summed E-state index contributed by atoms with van der Waals surface area (Å²) in [5.74, 6) is 0. The molecule has 0 radical (unpaired) electrons. The molecule has 1 aromatic carbocycles. The summed E-state index contributed by atoms with van der Waals surface area (Å²) < 4.78 is 38.5. The highest BCUT2D eigenvalue weighted by atomic mass is 32.1. The molecule has 0 spiro atoms. The van der Waals surface area contributed by atoms with E-state index >= 15 is 0 Å². The topological polar surface area (TPSA) is 21.8 Å². The van der Waals surface area contributed by atoms with Gasteiger partial charge in [-0.05, 0) is 57.5 Å². The zero-order valence-electron chi connectivity index (χ0n) is 14.6. The van der Waals surface area contributed by atoms with Crippen molar-refractivity contribution < 1.29 is 13.2 Å². The SMILES string of the molecule is CN(C)CCCNC(=S)N1CCN(c2cccc(C(F)(F)F)c2)CC1. The molecular formula is C17H25F3N4S. The van der Waals surface area contributed by atoms with Crippen LogP contribution in [0.1, 0.15) is 12.0 Å². The molecule has 1 aliphatic heterocycles. The monoisotopic (exact) mass is 374 g/mol. The van der Waals surface area contributed by atoms with E-state index in [0.717, 1.165) is 30.7 Å². The number of nitrogens with one attached hydrogen (secondary N) is 1. The summed E-state index contributed by atoms with van der Waals surface area (Å²) in [4.78, 5) is 6.17. The summed E-state index contributed by atoms with van der Waals surface area (Å²) in [6, 6.07) is 5.50. The maximum atomic E-state index is 12.8. The van der Waals surface area contributed by atoms with Crippen LogP contribution in [-0.4, -0.2) is 68.3 Å². The second kappa shape index (κ2) is 8.71. The highest BCUT2D eigenvalue weighted by molar-refractivity contribution is 7.80. The average Bonchev–Trinajstić information content (AvgIpc) is 2.58. The highest BCUT2D eigenvalue weighted by Gasteiger charge is 2.31. The van der Waals surface area contributed by atoms with Gasteiger partial charge in [-0.2, -0.15) is 13.2 Å². The summed E-state index contributed by atoms with van der Waals surface area (Å²) in [6.45, 7) is 4.54. The molecule has 1 saturated heterocycles. The van der Waals surface area contributed by atoms with Crippen molar-refractivity contribution in [2.24, 2.45) is 0 Å². The molecule has 1 heterocycles. The molecule has 140 valence electrons. The quantitative estimate of drug-likeness (QED) is 0.630. The van der Waals surface area contributed by atoms with Crippen LogP contribution in [0.15, 0.2) is 24.3 Å². The van der Waals surface area contributed by atoms with Crippen LogP contribution >= 0.6 is 12.2 Å². The van der Waals surface area contributed by atoms with Gasteiger partial charge < -0.3 is 20.0 Å². The van der Waals surface area contributed by atoms with Gasteiger partial charge in [0.15, 0.2) is 5.11 Å². The third-order valence-electron chi connectivity index (χ3n) is 4.16. The summed E-state index contributed by atoms with van der Waals surface area (Å²) in [5, 5.41) is 3.98. The molecule has 0 saturated carbocycles. The number of hydrogen-bond acceptors (Lipinski definition) is 3. The zero-order chi connectivity index (χ0) is 18.4. The van der Waals surface area contributed by atoms with Crippen molar-refractivity contribution in [2.75, 3.05) is 58.3 Å². The Bertz CT molecular complexity index is 569. The Morgan fingerprint density at radius 2 is 1.88 bits per heavy atom. The first-order valence-corrected chi connectivity index (χ1v) is 8.78. The van der Waals surface area contributed by atoms with Crippen LogP contribution in [0.3, 0.4) is 0 Å². The predicted octanol–water partition coefficient (Wildman–Crippen LogP) is 2.65. The molecule has 2 rings (SSSR count). The highest BCUT2D eigenvalue weighted by Crippen LogP contribution is 2.31. The van der Waals surface area contributed by atoms with Gasteiger partial charge in [0.25, 0.3) is 0 Å². The van der Waals surface area contributed by atoms with Gasteiger partial charge in [0.2, 0.25) is 0 Å². The molecule has 0 atom stereocenters. The van der Waals surface area contributed by atoms with E-state index < -0.39 is 11.7 Å². The molecule has 1 fully saturated rings. The maximum absolute atomic E-state index is 12.8. The third kappa shape index (κ3) is 6.04. The molecular weight excluding hydrogens is 349 g/mol. The van der Waals surface area contributed by atoms with Crippen LogP contribution < -0.4 is 10.2 Å². The zero-order valence-corrected chi connectivity index (χ0v) is 15.5. The number of halogens is 3. The molecule has 0 unspecified atom stereocenters. The number of anilines is 1. The first kappa shape index (κ1) is 19.8. The lowest BCUT2D eigenvalue weighted by molar-refractivity contribution is -0.137. The summed E-state index contributed by atoms with van der Waals surface area (Å²) in [5.41, 5.74) is 0.00449. The van der Waals surface area contributed by atoms with E-state index in [1.807, 2.05) is 19.0 Å². The van der Waals surface area contributed by atoms with E-state index in [1.165, 1.54) is 12.1 Å². The first-order chi connectivity index (χ1) is 11.8. The number of nitrogens with zero attached hydrogens (tertiary/aromatic N) is 3. The van der Waals surface area contributed by atoms with E-state index in [9.17, 15) is 13.2 Å². The van der Waals surface area contributed by atoms with Crippen molar-refractivity contribution in [3.05, 3.63) is 29.8 Å². The fourth-order valence-corrected chi connectivity index (χ4v) is 3.03. The molecule has 1 aliphatic rings. The van der Waals surface area contributed by atoms with E-state index in [0.29, 0.717) is 31.9 Å². The second-order valence-corrected chi connectivity index (χ2v) is 6.80. The van der Waals surface area contributed by atoms with Crippen LogP contribution in [0.25, 0.3) is 0 Å². The fraction of sp³-hybridized carbons (Fsp3) is 0.588. The number of thiocarbonyl (C=S) groups is 1. The minimum atomic E-state index is -4.31. The van der Waals surface area contributed by atoms with Gasteiger partial charge in [0.1, 0.15) is 0 Å². The van der Waals surface area contributed by atoms with Crippen molar-refractivity contribution in [3.63, 3.8) is 0 Å². The normalized spacial score (nSPS) is 15.6. The number of alkyl halides is 3. The maximum Gasteiger partial charge on any atom is 0.416 e. The molecule has 1 aromatic rings. The second-order valence-electron chi connectivity index (χ2n) is 6.41. The molecule has 0 aliphatic carbocycles. The molecule has 8 heteroatoms. The van der Waals surface area contributed by atoms with Crippen LogP contribution in [0, 0.1) is 0 Å². The molecule has 0 amide bonds. The van der Waals surface area contributed by atoms with Crippen molar-refractivity contribution in [1.82, 2.24) is 15.1 Å². The summed E-state index contributed by atoms with van der Waals surface area (Å²) in [6.07, 6.45) is -3.30. The van der Waals surface area contributed by atoms with E-state index in [1.54, 1.807) is 6.07 Å². The summed E-state index contributed by atoms with van der Waals surface area (Å²) in [7, 11) is 4.07. The van der Waals surface area contributed by atoms with Crippen LogP contribution in [-0.2, 0) is 6.18 Å². The van der Waals surface area contributed by atoms with Crippen LogP contribution in [0.2, 0.25) is 0 Å². The van der Waals surface area contributed by atoms with E-state index in [-0.39, 0.29) is 0 Å². The minimum Gasteiger partial charge on any atom is -0.368 e. The van der Waals surface area contributed by atoms with E-state index in [2.05, 4.69) is 15.1 Å². The number of hydrogen-bond donors (Lipinski definition) is 1. The summed E-state index contributed by atoms with van der Waals surface area (Å²) >= 11 is 5.41. The van der Waals surface area contributed by atoms with Gasteiger partial charge in [0.05, 0.1) is 5.56 Å². The van der Waals surface area contributed by atoms with Gasteiger partial charge in [0, 0.05) is 38.4 Å². The Balaban J connectivity index is 1.82. The van der Waals surface area contributed by atoms with Gasteiger partial charge in [-0.1, -0.05) is 6.07 Å². The van der Waals surface area contributed by atoms with Gasteiger partial charge in [-0.15, -0.1) is 0 Å². The van der Waals surface area contributed by atoms with Crippen molar-refractivity contribution in [3.8, 4) is 0 Å². The average molecular weight is 374 g/mol. The van der Waals surface area contributed by atoms with Gasteiger partial charge in [-0.25, -0.2) is 0 Å². The van der Waals surface area contributed by atoms with Crippen LogP contribution in [0.4, 0.5) is 18.9 Å². The molecule has 0 bridgehead atoms. The Morgan fingerprint density at radius 1 is 1.20 bits per heavy atom. The van der Waals surface area contributed by atoms with E-state index in [4.69, 9.17) is 12.2 Å². The number of rotatable bonds is 5. The smallest absolute Gasteiger partial charge is 0.368 e. The lowest BCUT2D eigenvalue weighted by Gasteiger charge is -2.37. The predicted molar refractivity (Wildman–Crippen MR) is 99.0 cm³/mol. The standard InChI is InChI=1S/C17H25F3N4S/c1-22(2)8-4-7-21-16(25)24-11-9-23(10-12-24)15-6-3-5-14(13-15)17(18,19)20/h3,5-6,13H,4,7-12H2,1-2H3,(H,21,25). The van der Waals surface area contributed by atoms with Crippen molar-refractivity contribution >= 4 is 23.0 Å². The van der Waals surface area contributed by atoms with Crippen molar-refractivity contribution in [1.29, 1.82) is 0 Å². The van der Waals surface area contributed by atoms with Crippen LogP contribution in [0.5, 0.6) is 0 Å². The Morgan fingerprint density at radius 3 is 2.48 bits per heavy atom. The molecule has 25 heavy (non-hydrogen) atoms. The Labute approximate surface area is 152 Å². The molecule has 4 nitrogen and oxygen atoms in total. The van der Waals surface area contributed by atoms with Gasteiger partial charge >= 0.3 is 6.18 Å². The number of piperazine rings is 1. The number of benzene rings is 1. The molecule has 1 N–H and O–H groups in total. The Hall–Kier alpha value is -1.54. The Kier molecular flexibility index (Phi) is 6.89. The lowest BCUT2D eigenvalue weighted by Crippen LogP contribution is -2.52. The fourth-order valence-electron chi connectivity index (χ4n) is 2.75. The van der Waals surface area contributed by atoms with Gasteiger partial charge in [-0.3, -0.25) is 0 Å².